The molecule has 1 unspecified atom stereocenters. The molecule has 0 radical (unpaired) electrons. The predicted octanol–water partition coefficient (Wildman–Crippen LogP) is 23.8. The van der Waals surface area contributed by atoms with Gasteiger partial charge in [-0.1, -0.05) is 242 Å². The number of rotatable bonds is 12. The molecule has 0 saturated carbocycles. The Bertz CT molecular complexity index is 4360. The Balaban J connectivity index is 0.000000244. The zero-order valence-electron chi connectivity index (χ0n) is 52.5. The number of furan rings is 1. The van der Waals surface area contributed by atoms with Crippen LogP contribution >= 0.6 is 0 Å². The average Bonchev–Trinajstić information content (AvgIpc) is 2.99. The van der Waals surface area contributed by atoms with Gasteiger partial charge in [0.1, 0.15) is 23.5 Å². The first-order valence-electron chi connectivity index (χ1n) is 30.7. The monoisotopic (exact) mass is 1150 g/mol. The van der Waals surface area contributed by atoms with Crippen molar-refractivity contribution in [1.29, 1.82) is 0 Å². The first kappa shape index (κ1) is 59.8. The molecule has 0 bridgehead atoms. The maximum atomic E-state index is 6.26. The van der Waals surface area contributed by atoms with Crippen LogP contribution in [-0.2, 0) is 5.41 Å². The highest BCUT2D eigenvalue weighted by Gasteiger charge is 2.22. The molecule has 0 aliphatic carbocycles. The lowest BCUT2D eigenvalue weighted by Crippen LogP contribution is -2.14. The van der Waals surface area contributed by atoms with E-state index < -0.39 is 0 Å². The number of hydrogen-bond acceptors (Lipinski definition) is 4. The SMILES string of the molecule is C=C(C)/C=C(\C=C/c1ccc(-c2ccc(N(c3ccc(-c4ccc5c(c4)C(=C)CC(c4ccccc4)/C=C\CO5)cc3)c3ccc(C(C)(C)C)cc3C)cc2)cc1)C(C)(C)C.CNc1ccc(-c2ccc3oc4ccc(-c5ccccc5)cc4c3c2)cc1. The van der Waals surface area contributed by atoms with Crippen molar-refractivity contribution in [3.8, 4) is 50.3 Å². The summed E-state index contributed by atoms with van der Waals surface area (Å²) in [6.07, 6.45) is 11.8. The Morgan fingerprint density at radius 3 is 1.62 bits per heavy atom. The van der Waals surface area contributed by atoms with Crippen molar-refractivity contribution >= 4 is 56.3 Å². The maximum absolute atomic E-state index is 6.26. The van der Waals surface area contributed by atoms with Crippen LogP contribution in [0.5, 0.6) is 5.75 Å². The van der Waals surface area contributed by atoms with E-state index in [1.165, 1.54) is 61.2 Å². The molecule has 1 aliphatic rings. The number of anilines is 4. The predicted molar refractivity (Wildman–Crippen MR) is 378 cm³/mol. The summed E-state index contributed by atoms with van der Waals surface area (Å²) in [6, 6.07) is 82.6. The van der Waals surface area contributed by atoms with E-state index in [1.807, 2.05) is 20.0 Å². The summed E-state index contributed by atoms with van der Waals surface area (Å²) in [5.74, 6) is 1.12. The van der Waals surface area contributed by atoms with Gasteiger partial charge in [0.25, 0.3) is 0 Å². The van der Waals surface area contributed by atoms with E-state index in [1.54, 1.807) is 0 Å². The van der Waals surface area contributed by atoms with E-state index in [0.717, 1.165) is 84.7 Å². The molecule has 0 saturated heterocycles. The third-order valence-electron chi connectivity index (χ3n) is 16.7. The molecular weight excluding hydrogens is 1070 g/mol. The fourth-order valence-electron chi connectivity index (χ4n) is 11.6. The van der Waals surface area contributed by atoms with Gasteiger partial charge in [-0.3, -0.25) is 0 Å². The smallest absolute Gasteiger partial charge is 0.135 e. The molecule has 12 rings (SSSR count). The second-order valence-corrected chi connectivity index (χ2v) is 25.3. The van der Waals surface area contributed by atoms with E-state index in [4.69, 9.17) is 9.15 Å². The van der Waals surface area contributed by atoms with Gasteiger partial charge in [-0.15, -0.1) is 0 Å². The van der Waals surface area contributed by atoms with Crippen LogP contribution in [0.4, 0.5) is 22.7 Å². The molecule has 4 nitrogen and oxygen atoms in total. The Hall–Kier alpha value is -9.90. The van der Waals surface area contributed by atoms with Crippen LogP contribution in [-0.4, -0.2) is 13.7 Å². The molecule has 438 valence electrons. The summed E-state index contributed by atoms with van der Waals surface area (Å²) >= 11 is 0. The van der Waals surface area contributed by atoms with Crippen molar-refractivity contribution in [2.75, 3.05) is 23.9 Å². The minimum Gasteiger partial charge on any atom is -0.489 e. The molecule has 10 aromatic carbocycles. The summed E-state index contributed by atoms with van der Waals surface area (Å²) in [6.45, 7) is 27.0. The maximum Gasteiger partial charge on any atom is 0.135 e. The fraction of sp³-hybridized carbons (Fsp3) is 0.167. The fourth-order valence-corrected chi connectivity index (χ4v) is 11.6. The zero-order chi connectivity index (χ0) is 61.5. The second kappa shape index (κ2) is 26.0. The lowest BCUT2D eigenvalue weighted by molar-refractivity contribution is 0.362. The second-order valence-electron chi connectivity index (χ2n) is 25.3. The summed E-state index contributed by atoms with van der Waals surface area (Å²) in [4.78, 5) is 2.38. The summed E-state index contributed by atoms with van der Waals surface area (Å²) in [7, 11) is 1.93. The quantitative estimate of drug-likeness (QED) is 0.0977. The minimum absolute atomic E-state index is 0.0399. The van der Waals surface area contributed by atoms with Crippen molar-refractivity contribution in [1.82, 2.24) is 0 Å². The molecule has 0 spiro atoms. The Kier molecular flexibility index (Phi) is 17.7. The molecule has 1 aliphatic heterocycles. The van der Waals surface area contributed by atoms with Gasteiger partial charge in [0.05, 0.1) is 0 Å². The van der Waals surface area contributed by atoms with E-state index in [-0.39, 0.29) is 16.7 Å². The molecule has 11 aromatic rings. The number of benzene rings is 10. The van der Waals surface area contributed by atoms with Crippen molar-refractivity contribution in [3.63, 3.8) is 0 Å². The van der Waals surface area contributed by atoms with Gasteiger partial charge in [-0.2, -0.15) is 0 Å². The molecule has 1 aromatic heterocycles. The Morgan fingerprint density at radius 1 is 0.568 bits per heavy atom. The van der Waals surface area contributed by atoms with Gasteiger partial charge < -0.3 is 19.4 Å². The number of hydrogen-bond donors (Lipinski definition) is 1. The number of nitrogens with zero attached hydrogens (tertiary/aromatic N) is 1. The van der Waals surface area contributed by atoms with Gasteiger partial charge in [0.2, 0.25) is 0 Å². The highest BCUT2D eigenvalue weighted by molar-refractivity contribution is 6.07. The highest BCUT2D eigenvalue weighted by Crippen LogP contribution is 2.43. The van der Waals surface area contributed by atoms with E-state index in [2.05, 4.69) is 327 Å². The van der Waals surface area contributed by atoms with Crippen LogP contribution in [0.3, 0.4) is 0 Å². The van der Waals surface area contributed by atoms with Crippen molar-refractivity contribution in [2.45, 2.75) is 73.1 Å². The molecule has 88 heavy (non-hydrogen) atoms. The lowest BCUT2D eigenvalue weighted by atomic mass is 9.85. The van der Waals surface area contributed by atoms with Crippen molar-refractivity contribution in [3.05, 3.63) is 307 Å². The van der Waals surface area contributed by atoms with Gasteiger partial charge in [-0.25, -0.2) is 0 Å². The lowest BCUT2D eigenvalue weighted by Gasteiger charge is -2.29. The van der Waals surface area contributed by atoms with Crippen molar-refractivity contribution < 1.29 is 9.15 Å². The summed E-state index contributed by atoms with van der Waals surface area (Å²) in [5.41, 5.74) is 25.4. The average molecular weight is 1150 g/mol. The van der Waals surface area contributed by atoms with Crippen LogP contribution in [0.1, 0.15) is 88.6 Å². The van der Waals surface area contributed by atoms with Crippen LogP contribution in [0, 0.1) is 12.3 Å². The molecule has 4 heteroatoms. The molecular formula is C84H80N2O2. The molecule has 1 N–H and O–H groups in total. The highest BCUT2D eigenvalue weighted by atomic mass is 16.5. The van der Waals surface area contributed by atoms with E-state index >= 15 is 0 Å². The summed E-state index contributed by atoms with van der Waals surface area (Å²) in [5, 5.41) is 5.47. The third-order valence-corrected chi connectivity index (χ3v) is 16.7. The standard InChI is InChI=1S/C59H61NO.C25H19NO/c1-41(2)37-51(58(5,6)7)28-20-44-18-21-46(22-19-44)47-23-30-53(31-24-47)60(56-34-29-52(39-43(56)4)59(8,9)10)54-32-25-48(26-33-54)50-27-35-57-55(40-50)42(3)38-49(17-14-36-61-57)45-15-12-11-13-16-45;1-26-21-11-7-18(8-12-21)20-10-14-25-23(16-20)22-15-19(9-13-24(22)27-25)17-5-3-2-4-6-17/h11-35,37,39-40,49H,1,3,36,38H2,2,4-10H3;2-16,26H,1H3/b17-14-,28-20-,51-37+;. The number of fused-ring (bicyclic) bond motifs is 4. The number of ether oxygens (including phenoxy) is 1. The third kappa shape index (κ3) is 13.8. The van der Waals surface area contributed by atoms with Crippen LogP contribution in [0.25, 0.3) is 78.1 Å². The van der Waals surface area contributed by atoms with Gasteiger partial charge >= 0.3 is 0 Å². The van der Waals surface area contributed by atoms with E-state index in [0.29, 0.717) is 6.61 Å². The Labute approximate surface area is 522 Å². The minimum atomic E-state index is 0.0399. The largest absolute Gasteiger partial charge is 0.489 e. The molecule has 0 amide bonds. The zero-order valence-corrected chi connectivity index (χ0v) is 52.5. The Morgan fingerprint density at radius 2 is 1.08 bits per heavy atom. The first-order valence-corrected chi connectivity index (χ1v) is 30.7. The molecule has 1 atom stereocenters. The number of allylic oxidation sites excluding steroid dienone is 6. The van der Waals surface area contributed by atoms with E-state index in [9.17, 15) is 0 Å². The molecule has 0 fully saturated rings. The molecule has 2 heterocycles. The van der Waals surface area contributed by atoms with Gasteiger partial charge in [0, 0.05) is 52.1 Å². The number of aryl methyl sites for hydroxylation is 1. The number of nitrogens with one attached hydrogen (secondary N) is 1. The van der Waals surface area contributed by atoms with Crippen LogP contribution in [0.2, 0.25) is 0 Å². The van der Waals surface area contributed by atoms with Crippen LogP contribution < -0.4 is 15.0 Å². The van der Waals surface area contributed by atoms with Gasteiger partial charge in [-0.05, 0) is 188 Å². The summed E-state index contributed by atoms with van der Waals surface area (Å²) < 4.78 is 12.3. The van der Waals surface area contributed by atoms with Gasteiger partial charge in [0.15, 0.2) is 0 Å². The van der Waals surface area contributed by atoms with Crippen LogP contribution in [0.15, 0.2) is 284 Å². The van der Waals surface area contributed by atoms with Crippen molar-refractivity contribution in [2.24, 2.45) is 5.41 Å². The normalized spacial score (nSPS) is 14.0. The topological polar surface area (TPSA) is 37.6 Å². The first-order chi connectivity index (χ1) is 42.4.